The van der Waals surface area contributed by atoms with Gasteiger partial charge in [0, 0.05) is 12.3 Å². The molecule has 0 spiro atoms. The number of aromatic nitrogens is 5. The van der Waals surface area contributed by atoms with E-state index in [0.29, 0.717) is 5.65 Å². The SMILES string of the molecule is O=c1[nH]ccc2nnnn12. The largest absolute Gasteiger partial charge is 0.349 e. The summed E-state index contributed by atoms with van der Waals surface area (Å²) in [6.45, 7) is 0. The lowest BCUT2D eigenvalue weighted by Crippen LogP contribution is -2.15. The summed E-state index contributed by atoms with van der Waals surface area (Å²) in [6.07, 6.45) is 1.49. The van der Waals surface area contributed by atoms with Crippen LogP contribution in [0.2, 0.25) is 0 Å². The van der Waals surface area contributed by atoms with Gasteiger partial charge >= 0.3 is 5.69 Å². The fraction of sp³-hybridized carbons (Fsp3) is 0. The fourth-order valence-electron chi connectivity index (χ4n) is 0.691. The Bertz CT molecular complexity index is 401. The van der Waals surface area contributed by atoms with Crippen LogP contribution in [0.1, 0.15) is 0 Å². The van der Waals surface area contributed by atoms with Crippen molar-refractivity contribution < 1.29 is 0 Å². The molecule has 2 heterocycles. The Balaban J connectivity index is 3.09. The van der Waals surface area contributed by atoms with Gasteiger partial charge in [-0.1, -0.05) is 0 Å². The van der Waals surface area contributed by atoms with Crippen molar-refractivity contribution in [3.8, 4) is 0 Å². The smallest absolute Gasteiger partial charge is 0.312 e. The van der Waals surface area contributed by atoms with E-state index in [1.807, 2.05) is 0 Å². The van der Waals surface area contributed by atoms with Crippen molar-refractivity contribution in [3.63, 3.8) is 0 Å². The summed E-state index contributed by atoms with van der Waals surface area (Å²) in [5, 5.41) is 10.3. The lowest BCUT2D eigenvalue weighted by molar-refractivity contribution is 0.782. The van der Waals surface area contributed by atoms with E-state index in [0.717, 1.165) is 4.52 Å². The predicted octanol–water partition coefficient (Wildman–Crippen LogP) is -1.19. The van der Waals surface area contributed by atoms with Gasteiger partial charge in [-0.3, -0.25) is 0 Å². The van der Waals surface area contributed by atoms with E-state index in [1.165, 1.54) is 6.20 Å². The molecule has 0 amide bonds. The maximum Gasteiger partial charge on any atom is 0.349 e. The molecular formula is C4H3N5O. The van der Waals surface area contributed by atoms with Crippen molar-refractivity contribution in [3.05, 3.63) is 22.7 Å². The number of hydrogen-bond donors (Lipinski definition) is 1. The Morgan fingerprint density at radius 1 is 1.60 bits per heavy atom. The van der Waals surface area contributed by atoms with Gasteiger partial charge in [0.2, 0.25) is 0 Å². The molecule has 50 valence electrons. The second-order valence-corrected chi connectivity index (χ2v) is 1.73. The second-order valence-electron chi connectivity index (χ2n) is 1.73. The molecule has 0 bridgehead atoms. The van der Waals surface area contributed by atoms with E-state index in [-0.39, 0.29) is 5.69 Å². The molecule has 0 saturated carbocycles. The molecular weight excluding hydrogens is 134 g/mol. The molecule has 2 aromatic rings. The number of tetrazole rings is 1. The summed E-state index contributed by atoms with van der Waals surface area (Å²) in [4.78, 5) is 13.2. The lowest BCUT2D eigenvalue weighted by Gasteiger charge is -1.82. The van der Waals surface area contributed by atoms with Crippen molar-refractivity contribution in [2.75, 3.05) is 0 Å². The van der Waals surface area contributed by atoms with Gasteiger partial charge in [-0.05, 0) is 10.4 Å². The molecule has 0 aromatic carbocycles. The Morgan fingerprint density at radius 2 is 2.50 bits per heavy atom. The molecule has 10 heavy (non-hydrogen) atoms. The minimum atomic E-state index is -0.331. The van der Waals surface area contributed by atoms with Gasteiger partial charge < -0.3 is 4.98 Å². The first-order chi connectivity index (χ1) is 4.88. The number of fused-ring (bicyclic) bond motifs is 1. The molecule has 6 heteroatoms. The minimum Gasteiger partial charge on any atom is -0.312 e. The van der Waals surface area contributed by atoms with E-state index >= 15 is 0 Å². The molecule has 2 rings (SSSR count). The van der Waals surface area contributed by atoms with Gasteiger partial charge in [-0.25, -0.2) is 4.79 Å². The van der Waals surface area contributed by atoms with Gasteiger partial charge in [0.1, 0.15) is 0 Å². The third-order valence-electron chi connectivity index (χ3n) is 1.13. The van der Waals surface area contributed by atoms with Gasteiger partial charge in [0.15, 0.2) is 5.65 Å². The molecule has 0 fully saturated rings. The lowest BCUT2D eigenvalue weighted by atomic mass is 10.6. The monoisotopic (exact) mass is 137 g/mol. The first-order valence-corrected chi connectivity index (χ1v) is 2.64. The number of rotatable bonds is 0. The topological polar surface area (TPSA) is 75.9 Å². The highest BCUT2D eigenvalue weighted by atomic mass is 16.1. The standard InChI is InChI=1S/C4H3N5O/c10-4-5-2-1-3-6-7-8-9(3)4/h1-2H,(H,5,10). The molecule has 6 nitrogen and oxygen atoms in total. The van der Waals surface area contributed by atoms with Gasteiger partial charge in [0.05, 0.1) is 0 Å². The summed E-state index contributed by atoms with van der Waals surface area (Å²) >= 11 is 0. The van der Waals surface area contributed by atoms with Crippen LogP contribution in [0.15, 0.2) is 17.1 Å². The molecule has 0 radical (unpaired) electrons. The first-order valence-electron chi connectivity index (χ1n) is 2.64. The van der Waals surface area contributed by atoms with Crippen LogP contribution in [0.25, 0.3) is 5.65 Å². The third-order valence-corrected chi connectivity index (χ3v) is 1.13. The summed E-state index contributed by atoms with van der Waals surface area (Å²) in [6, 6.07) is 1.61. The molecule has 1 N–H and O–H groups in total. The van der Waals surface area contributed by atoms with Crippen LogP contribution >= 0.6 is 0 Å². The number of hydrogen-bond acceptors (Lipinski definition) is 4. The number of aromatic amines is 1. The molecule has 2 aromatic heterocycles. The Hall–Kier alpha value is -1.72. The third kappa shape index (κ3) is 0.524. The predicted molar refractivity (Wildman–Crippen MR) is 31.4 cm³/mol. The molecule has 0 aliphatic heterocycles. The Kier molecular flexibility index (Phi) is 0.830. The van der Waals surface area contributed by atoms with Gasteiger partial charge in [-0.15, -0.1) is 9.61 Å². The van der Waals surface area contributed by atoms with Crippen LogP contribution in [-0.2, 0) is 0 Å². The van der Waals surface area contributed by atoms with Crippen molar-refractivity contribution >= 4 is 5.65 Å². The summed E-state index contributed by atoms with van der Waals surface area (Å²) in [5.41, 5.74) is 0.117. The number of H-pyrrole nitrogens is 1. The summed E-state index contributed by atoms with van der Waals surface area (Å²) in [5.74, 6) is 0. The van der Waals surface area contributed by atoms with Crippen LogP contribution in [0.3, 0.4) is 0 Å². The van der Waals surface area contributed by atoms with Gasteiger partial charge in [0.25, 0.3) is 0 Å². The number of nitrogens with one attached hydrogen (secondary N) is 1. The quantitative estimate of drug-likeness (QED) is 0.495. The zero-order chi connectivity index (χ0) is 6.97. The maximum absolute atomic E-state index is 10.8. The Morgan fingerprint density at radius 3 is 3.30 bits per heavy atom. The molecule has 0 atom stereocenters. The highest BCUT2D eigenvalue weighted by Crippen LogP contribution is 1.84. The normalized spacial score (nSPS) is 10.4. The zero-order valence-electron chi connectivity index (χ0n) is 4.85. The molecule has 0 saturated heterocycles. The average molecular weight is 137 g/mol. The van der Waals surface area contributed by atoms with Crippen LogP contribution in [0.4, 0.5) is 0 Å². The first kappa shape index (κ1) is 5.10. The van der Waals surface area contributed by atoms with E-state index in [9.17, 15) is 4.79 Å². The zero-order valence-corrected chi connectivity index (χ0v) is 4.85. The highest BCUT2D eigenvalue weighted by molar-refractivity contribution is 5.31. The van der Waals surface area contributed by atoms with E-state index < -0.39 is 0 Å². The average Bonchev–Trinajstić information content (AvgIpc) is 2.36. The summed E-state index contributed by atoms with van der Waals surface area (Å²) < 4.78 is 1.08. The maximum atomic E-state index is 10.8. The van der Waals surface area contributed by atoms with E-state index in [4.69, 9.17) is 0 Å². The minimum absolute atomic E-state index is 0.331. The van der Waals surface area contributed by atoms with Crippen LogP contribution in [0.5, 0.6) is 0 Å². The van der Waals surface area contributed by atoms with Crippen molar-refractivity contribution in [2.24, 2.45) is 0 Å². The van der Waals surface area contributed by atoms with E-state index in [2.05, 4.69) is 20.5 Å². The second kappa shape index (κ2) is 1.63. The van der Waals surface area contributed by atoms with Crippen LogP contribution < -0.4 is 5.69 Å². The van der Waals surface area contributed by atoms with Crippen molar-refractivity contribution in [1.29, 1.82) is 0 Å². The van der Waals surface area contributed by atoms with Crippen molar-refractivity contribution in [2.45, 2.75) is 0 Å². The van der Waals surface area contributed by atoms with Crippen LogP contribution in [-0.4, -0.2) is 25.0 Å². The molecule has 0 aliphatic rings. The van der Waals surface area contributed by atoms with Gasteiger partial charge in [-0.2, -0.15) is 0 Å². The molecule has 0 aliphatic carbocycles. The van der Waals surface area contributed by atoms with Crippen molar-refractivity contribution in [1.82, 2.24) is 25.0 Å². The van der Waals surface area contributed by atoms with E-state index in [1.54, 1.807) is 6.07 Å². The Labute approximate surface area is 54.5 Å². The highest BCUT2D eigenvalue weighted by Gasteiger charge is 1.95. The molecule has 0 unspecified atom stereocenters. The number of nitrogens with zero attached hydrogens (tertiary/aromatic N) is 4. The fourth-order valence-corrected chi connectivity index (χ4v) is 0.691. The summed E-state index contributed by atoms with van der Waals surface area (Å²) in [7, 11) is 0. The van der Waals surface area contributed by atoms with Crippen LogP contribution in [0, 0.1) is 0 Å².